The van der Waals surface area contributed by atoms with Gasteiger partial charge in [0.15, 0.2) is 5.79 Å². The number of esters is 1. The number of methoxy groups -OCH3 is 1. The molecule has 40 heavy (non-hydrogen) atoms. The van der Waals surface area contributed by atoms with Crippen molar-refractivity contribution in [3.8, 4) is 5.75 Å². The van der Waals surface area contributed by atoms with Gasteiger partial charge in [0.2, 0.25) is 0 Å². The smallest absolute Gasteiger partial charge is 0.338 e. The third-order valence-corrected chi connectivity index (χ3v) is 13.5. The molecule has 0 unspecified atom stereocenters. The molecule has 0 amide bonds. The first-order valence-electron chi connectivity index (χ1n) is 16.3. The van der Waals surface area contributed by atoms with E-state index in [2.05, 4.69) is 27.7 Å². The number of hydrogen-bond acceptors (Lipinski definition) is 5. The SMILES string of the molecule is COc1ccc(C(=O)O[C@H]2CC[C@@]3(C)[C@@H](CC[C@H]4[C@H]3CC[C@]3(C)[C@@H]5[C@@H](C)[C@]6(CC[C@H](C)CO6)O[C@@H]5C[C@H]43)C2)cc1. The molecule has 12 atom stereocenters. The van der Waals surface area contributed by atoms with Gasteiger partial charge < -0.3 is 18.9 Å². The standard InChI is InChI=1S/C35H50O5/c1-21-12-17-35(38-20-21)22(2)31-30(40-35)19-29-27-11-8-24-18-26(39-32(36)23-6-9-25(37-5)10-7-23)13-15-33(24,3)28(27)14-16-34(29,31)4/h6-7,9-10,21-22,24,26-31H,8,11-20H2,1-5H3/t21-,22+,24-,26-,27-,28+,29+,30+,31+,33-,34-,35-/m0/s1. The van der Waals surface area contributed by atoms with Crippen LogP contribution in [0.25, 0.3) is 0 Å². The number of fused-ring (bicyclic) bond motifs is 7. The third-order valence-electron chi connectivity index (χ3n) is 13.5. The molecular weight excluding hydrogens is 500 g/mol. The molecule has 6 aliphatic rings. The minimum absolute atomic E-state index is 0.0348. The van der Waals surface area contributed by atoms with Gasteiger partial charge >= 0.3 is 5.97 Å². The summed E-state index contributed by atoms with van der Waals surface area (Å²) in [5, 5.41) is 0. The van der Waals surface area contributed by atoms with E-state index in [1.807, 2.05) is 24.3 Å². The summed E-state index contributed by atoms with van der Waals surface area (Å²) in [5.74, 6) is 5.03. The van der Waals surface area contributed by atoms with Gasteiger partial charge in [0.05, 0.1) is 25.4 Å². The summed E-state index contributed by atoms with van der Waals surface area (Å²) in [4.78, 5) is 12.9. The second-order valence-electron chi connectivity index (χ2n) is 15.2. The van der Waals surface area contributed by atoms with E-state index < -0.39 is 0 Å². The van der Waals surface area contributed by atoms with Gasteiger partial charge in [-0.15, -0.1) is 0 Å². The lowest BCUT2D eigenvalue weighted by atomic mass is 9.44. The van der Waals surface area contributed by atoms with Crippen molar-refractivity contribution >= 4 is 5.97 Å². The Kier molecular flexibility index (Phi) is 6.63. The van der Waals surface area contributed by atoms with Gasteiger partial charge in [-0.05, 0) is 128 Å². The summed E-state index contributed by atoms with van der Waals surface area (Å²) in [6.45, 7) is 10.8. The Morgan fingerprint density at radius 2 is 1.68 bits per heavy atom. The zero-order valence-corrected chi connectivity index (χ0v) is 25.3. The van der Waals surface area contributed by atoms with Crippen molar-refractivity contribution in [2.24, 2.45) is 52.3 Å². The van der Waals surface area contributed by atoms with Crippen molar-refractivity contribution < 1.29 is 23.7 Å². The van der Waals surface area contributed by atoms with Crippen LogP contribution in [0.3, 0.4) is 0 Å². The molecule has 1 aromatic rings. The van der Waals surface area contributed by atoms with E-state index >= 15 is 0 Å². The fourth-order valence-electron chi connectivity index (χ4n) is 11.3. The quantitative estimate of drug-likeness (QED) is 0.362. The van der Waals surface area contributed by atoms with E-state index in [0.29, 0.717) is 46.2 Å². The normalized spacial score (nSPS) is 49.5. The van der Waals surface area contributed by atoms with Crippen LogP contribution < -0.4 is 4.74 Å². The fourth-order valence-corrected chi connectivity index (χ4v) is 11.3. The van der Waals surface area contributed by atoms with E-state index in [0.717, 1.165) is 49.4 Å². The molecule has 2 aliphatic heterocycles. The molecule has 4 saturated carbocycles. The van der Waals surface area contributed by atoms with E-state index in [9.17, 15) is 4.79 Å². The second-order valence-corrected chi connectivity index (χ2v) is 15.2. The molecular formula is C35H50O5. The predicted octanol–water partition coefficient (Wildman–Crippen LogP) is 7.67. The van der Waals surface area contributed by atoms with Crippen LogP contribution in [0, 0.1) is 52.3 Å². The molecule has 220 valence electrons. The molecule has 6 fully saturated rings. The maximum absolute atomic E-state index is 12.9. The molecule has 5 heteroatoms. The number of rotatable bonds is 3. The average molecular weight is 551 g/mol. The summed E-state index contributed by atoms with van der Waals surface area (Å²) >= 11 is 0. The molecule has 0 aromatic heterocycles. The predicted molar refractivity (Wildman–Crippen MR) is 154 cm³/mol. The summed E-state index contributed by atoms with van der Waals surface area (Å²) in [5.41, 5.74) is 1.35. The first-order chi connectivity index (χ1) is 19.2. The second kappa shape index (κ2) is 9.73. The minimum atomic E-state index is -0.321. The molecule has 4 aliphatic carbocycles. The number of hydrogen-bond donors (Lipinski definition) is 0. The summed E-state index contributed by atoms with van der Waals surface area (Å²) in [6, 6.07) is 7.28. The molecule has 7 rings (SSSR count). The highest BCUT2D eigenvalue weighted by atomic mass is 16.7. The van der Waals surface area contributed by atoms with Gasteiger partial charge in [-0.25, -0.2) is 4.79 Å². The van der Waals surface area contributed by atoms with Crippen molar-refractivity contribution in [3.05, 3.63) is 29.8 Å². The number of carbonyl (C=O) groups is 1. The Morgan fingerprint density at radius 1 is 0.900 bits per heavy atom. The van der Waals surface area contributed by atoms with Crippen LogP contribution in [-0.4, -0.2) is 37.7 Å². The lowest BCUT2D eigenvalue weighted by molar-refractivity contribution is -0.273. The van der Waals surface area contributed by atoms with Crippen LogP contribution in [0.5, 0.6) is 5.75 Å². The van der Waals surface area contributed by atoms with Gasteiger partial charge in [-0.3, -0.25) is 0 Å². The van der Waals surface area contributed by atoms with Gasteiger partial charge in [0.25, 0.3) is 0 Å². The zero-order valence-electron chi connectivity index (χ0n) is 25.3. The van der Waals surface area contributed by atoms with E-state index in [-0.39, 0.29) is 17.9 Å². The number of benzene rings is 1. The highest BCUT2D eigenvalue weighted by molar-refractivity contribution is 5.89. The minimum Gasteiger partial charge on any atom is -0.497 e. The van der Waals surface area contributed by atoms with Crippen LogP contribution in [0.2, 0.25) is 0 Å². The lowest BCUT2D eigenvalue weighted by Crippen LogP contribution is -2.55. The van der Waals surface area contributed by atoms with Crippen LogP contribution in [0.1, 0.15) is 102 Å². The van der Waals surface area contributed by atoms with Crippen LogP contribution in [-0.2, 0) is 14.2 Å². The first kappa shape index (κ1) is 27.3. The highest BCUT2D eigenvalue weighted by Gasteiger charge is 2.69. The Balaban J connectivity index is 1.03. The van der Waals surface area contributed by atoms with Crippen molar-refractivity contribution in [2.45, 2.75) is 110 Å². The van der Waals surface area contributed by atoms with Crippen molar-refractivity contribution in [1.82, 2.24) is 0 Å². The number of ether oxygens (including phenoxy) is 4. The molecule has 0 radical (unpaired) electrons. The van der Waals surface area contributed by atoms with Gasteiger partial charge in [0.1, 0.15) is 11.9 Å². The topological polar surface area (TPSA) is 54.0 Å². The fraction of sp³-hybridized carbons (Fsp3) is 0.800. The monoisotopic (exact) mass is 550 g/mol. The summed E-state index contributed by atoms with van der Waals surface area (Å²) < 4.78 is 24.8. The molecule has 5 nitrogen and oxygen atoms in total. The van der Waals surface area contributed by atoms with Gasteiger partial charge in [-0.2, -0.15) is 0 Å². The van der Waals surface area contributed by atoms with Gasteiger partial charge in [0, 0.05) is 12.3 Å². The Bertz CT molecular complexity index is 1110. The van der Waals surface area contributed by atoms with Crippen molar-refractivity contribution in [2.75, 3.05) is 13.7 Å². The Hall–Kier alpha value is -1.59. The summed E-state index contributed by atoms with van der Waals surface area (Å²) in [6.07, 6.45) is 12.4. The van der Waals surface area contributed by atoms with Crippen molar-refractivity contribution in [1.29, 1.82) is 0 Å². The molecule has 0 bridgehead atoms. The molecule has 2 heterocycles. The average Bonchev–Trinajstić information content (AvgIpc) is 3.40. The highest BCUT2D eigenvalue weighted by Crippen LogP contribution is 2.71. The lowest BCUT2D eigenvalue weighted by Gasteiger charge is -2.61. The van der Waals surface area contributed by atoms with E-state index in [1.54, 1.807) is 7.11 Å². The maximum atomic E-state index is 12.9. The van der Waals surface area contributed by atoms with E-state index in [1.165, 1.54) is 44.9 Å². The van der Waals surface area contributed by atoms with E-state index in [4.69, 9.17) is 18.9 Å². The third kappa shape index (κ3) is 4.03. The largest absolute Gasteiger partial charge is 0.497 e. The Labute approximate surface area is 241 Å². The van der Waals surface area contributed by atoms with Crippen molar-refractivity contribution in [3.63, 3.8) is 0 Å². The molecule has 1 spiro atoms. The van der Waals surface area contributed by atoms with Gasteiger partial charge in [-0.1, -0.05) is 27.7 Å². The number of carbonyl (C=O) groups excluding carboxylic acids is 1. The maximum Gasteiger partial charge on any atom is 0.338 e. The zero-order chi connectivity index (χ0) is 27.9. The van der Waals surface area contributed by atoms with Crippen LogP contribution in [0.4, 0.5) is 0 Å². The Morgan fingerprint density at radius 3 is 2.40 bits per heavy atom. The molecule has 1 aromatic carbocycles. The molecule has 2 saturated heterocycles. The van der Waals surface area contributed by atoms with Crippen LogP contribution >= 0.6 is 0 Å². The molecule has 0 N–H and O–H groups in total. The van der Waals surface area contributed by atoms with Crippen LogP contribution in [0.15, 0.2) is 24.3 Å². The summed E-state index contributed by atoms with van der Waals surface area (Å²) in [7, 11) is 1.64. The first-order valence-corrected chi connectivity index (χ1v) is 16.3.